The van der Waals surface area contributed by atoms with Crippen LogP contribution in [0, 0.1) is 5.92 Å². The van der Waals surface area contributed by atoms with Crippen LogP contribution in [0.4, 0.5) is 0 Å². The molecular formula is C17H34N2OS. The fourth-order valence-corrected chi connectivity index (χ4v) is 5.28. The first kappa shape index (κ1) is 17.6. The van der Waals surface area contributed by atoms with E-state index in [1.807, 2.05) is 0 Å². The van der Waals surface area contributed by atoms with Gasteiger partial charge in [0.1, 0.15) is 0 Å². The van der Waals surface area contributed by atoms with Gasteiger partial charge in [0.15, 0.2) is 0 Å². The highest BCUT2D eigenvalue weighted by Crippen LogP contribution is 2.41. The SMILES string of the molecule is CCNC(CCN(CC)CC)C1CCOC2(CCSC2)C1. The van der Waals surface area contributed by atoms with Gasteiger partial charge in [0.25, 0.3) is 0 Å². The van der Waals surface area contributed by atoms with Crippen molar-refractivity contribution >= 4 is 11.8 Å². The van der Waals surface area contributed by atoms with Gasteiger partial charge >= 0.3 is 0 Å². The Kier molecular flexibility index (Phi) is 7.33. The minimum absolute atomic E-state index is 0.219. The van der Waals surface area contributed by atoms with E-state index in [0.717, 1.165) is 19.1 Å². The summed E-state index contributed by atoms with van der Waals surface area (Å²) in [5.74, 6) is 3.31. The van der Waals surface area contributed by atoms with Crippen LogP contribution in [0.5, 0.6) is 0 Å². The number of nitrogens with zero attached hydrogens (tertiary/aromatic N) is 1. The van der Waals surface area contributed by atoms with E-state index >= 15 is 0 Å². The minimum Gasteiger partial charge on any atom is -0.374 e. The molecule has 2 saturated heterocycles. The van der Waals surface area contributed by atoms with Crippen molar-refractivity contribution in [3.8, 4) is 0 Å². The van der Waals surface area contributed by atoms with Crippen molar-refractivity contribution in [3.63, 3.8) is 0 Å². The molecule has 3 unspecified atom stereocenters. The van der Waals surface area contributed by atoms with Crippen LogP contribution in [-0.4, -0.2) is 60.8 Å². The second-order valence-corrected chi connectivity index (χ2v) is 7.67. The van der Waals surface area contributed by atoms with E-state index in [-0.39, 0.29) is 5.60 Å². The van der Waals surface area contributed by atoms with Gasteiger partial charge in [-0.15, -0.1) is 0 Å². The van der Waals surface area contributed by atoms with Crippen molar-refractivity contribution in [1.29, 1.82) is 0 Å². The van der Waals surface area contributed by atoms with Crippen molar-refractivity contribution in [2.24, 2.45) is 5.92 Å². The Balaban J connectivity index is 1.90. The largest absolute Gasteiger partial charge is 0.374 e. The molecule has 0 aromatic heterocycles. The topological polar surface area (TPSA) is 24.5 Å². The monoisotopic (exact) mass is 314 g/mol. The Labute approximate surface area is 135 Å². The van der Waals surface area contributed by atoms with Gasteiger partial charge in [0.2, 0.25) is 0 Å². The highest BCUT2D eigenvalue weighted by Gasteiger charge is 2.42. The molecule has 4 heteroatoms. The molecule has 0 bridgehead atoms. The Bertz CT molecular complexity index is 291. The Morgan fingerprint density at radius 3 is 2.76 bits per heavy atom. The van der Waals surface area contributed by atoms with Gasteiger partial charge in [0.05, 0.1) is 5.60 Å². The standard InChI is InChI=1S/C17H34N2OS/c1-4-18-16(7-10-19(5-2)6-3)15-8-11-20-17(13-15)9-12-21-14-17/h15-16,18H,4-14H2,1-3H3. The first-order valence-corrected chi connectivity index (χ1v) is 10.1. The summed E-state index contributed by atoms with van der Waals surface area (Å²) in [6.07, 6.45) is 5.06. The maximum absolute atomic E-state index is 6.19. The summed E-state index contributed by atoms with van der Waals surface area (Å²) < 4.78 is 6.19. The van der Waals surface area contributed by atoms with Crippen molar-refractivity contribution in [2.75, 3.05) is 44.3 Å². The van der Waals surface area contributed by atoms with Gasteiger partial charge in [-0.05, 0) is 63.5 Å². The summed E-state index contributed by atoms with van der Waals surface area (Å²) >= 11 is 2.08. The Morgan fingerprint density at radius 1 is 1.33 bits per heavy atom. The van der Waals surface area contributed by atoms with Crippen LogP contribution in [-0.2, 0) is 4.74 Å². The molecule has 0 aliphatic carbocycles. The maximum atomic E-state index is 6.19. The summed E-state index contributed by atoms with van der Waals surface area (Å²) in [5.41, 5.74) is 0.219. The highest BCUT2D eigenvalue weighted by molar-refractivity contribution is 7.99. The second-order valence-electron chi connectivity index (χ2n) is 6.57. The zero-order valence-electron chi connectivity index (χ0n) is 14.2. The van der Waals surface area contributed by atoms with Crippen molar-refractivity contribution in [2.45, 2.75) is 58.1 Å². The van der Waals surface area contributed by atoms with Gasteiger partial charge in [-0.3, -0.25) is 0 Å². The van der Waals surface area contributed by atoms with Crippen molar-refractivity contribution in [1.82, 2.24) is 10.2 Å². The van der Waals surface area contributed by atoms with Gasteiger partial charge in [0, 0.05) is 18.4 Å². The third-order valence-corrected chi connectivity index (χ3v) is 6.51. The molecule has 1 spiro atoms. The molecule has 2 fully saturated rings. The zero-order chi connectivity index (χ0) is 15.1. The predicted octanol–water partition coefficient (Wildman–Crippen LogP) is 3.00. The zero-order valence-corrected chi connectivity index (χ0v) is 15.0. The van der Waals surface area contributed by atoms with Crippen LogP contribution in [0.2, 0.25) is 0 Å². The number of thioether (sulfide) groups is 1. The van der Waals surface area contributed by atoms with E-state index in [1.165, 1.54) is 56.8 Å². The second kappa shape index (κ2) is 8.76. The summed E-state index contributed by atoms with van der Waals surface area (Å²) in [5, 5.41) is 3.77. The Hall–Kier alpha value is 0.230. The smallest absolute Gasteiger partial charge is 0.0783 e. The molecule has 0 aromatic rings. The van der Waals surface area contributed by atoms with E-state index in [9.17, 15) is 0 Å². The molecule has 2 heterocycles. The lowest BCUT2D eigenvalue weighted by molar-refractivity contribution is -0.0857. The lowest BCUT2D eigenvalue weighted by Crippen LogP contribution is -2.48. The molecule has 3 nitrogen and oxygen atoms in total. The molecule has 2 rings (SSSR count). The van der Waals surface area contributed by atoms with Crippen molar-refractivity contribution < 1.29 is 4.74 Å². The van der Waals surface area contributed by atoms with E-state index in [2.05, 4.69) is 42.7 Å². The number of hydrogen-bond donors (Lipinski definition) is 1. The molecule has 21 heavy (non-hydrogen) atoms. The molecule has 0 saturated carbocycles. The molecule has 2 aliphatic rings. The fourth-order valence-electron chi connectivity index (χ4n) is 3.90. The van der Waals surface area contributed by atoms with Crippen LogP contribution in [0.25, 0.3) is 0 Å². The normalized spacial score (nSPS) is 31.1. The van der Waals surface area contributed by atoms with Crippen molar-refractivity contribution in [3.05, 3.63) is 0 Å². The van der Waals surface area contributed by atoms with Crippen LogP contribution in [0.15, 0.2) is 0 Å². The molecule has 1 N–H and O–H groups in total. The number of nitrogens with one attached hydrogen (secondary N) is 1. The van der Waals surface area contributed by atoms with Crippen LogP contribution in [0.3, 0.4) is 0 Å². The molecule has 0 radical (unpaired) electrons. The summed E-state index contributed by atoms with van der Waals surface area (Å²) in [6.45, 7) is 12.4. The van der Waals surface area contributed by atoms with Gasteiger partial charge in [-0.25, -0.2) is 0 Å². The van der Waals surface area contributed by atoms with Crippen LogP contribution in [0.1, 0.15) is 46.5 Å². The minimum atomic E-state index is 0.219. The quantitative estimate of drug-likeness (QED) is 0.744. The van der Waals surface area contributed by atoms with Gasteiger partial charge in [-0.2, -0.15) is 11.8 Å². The molecule has 2 aliphatic heterocycles. The first-order valence-electron chi connectivity index (χ1n) is 8.90. The highest BCUT2D eigenvalue weighted by atomic mass is 32.2. The number of ether oxygens (including phenoxy) is 1. The van der Waals surface area contributed by atoms with E-state index in [4.69, 9.17) is 4.74 Å². The van der Waals surface area contributed by atoms with E-state index in [0.29, 0.717) is 6.04 Å². The molecule has 0 amide bonds. The lowest BCUT2D eigenvalue weighted by Gasteiger charge is -2.41. The lowest BCUT2D eigenvalue weighted by atomic mass is 9.80. The number of hydrogen-bond acceptors (Lipinski definition) is 4. The average molecular weight is 315 g/mol. The molecule has 3 atom stereocenters. The summed E-state index contributed by atoms with van der Waals surface area (Å²) in [7, 11) is 0. The molecule has 124 valence electrons. The van der Waals surface area contributed by atoms with Crippen LogP contribution < -0.4 is 5.32 Å². The average Bonchev–Trinajstić information content (AvgIpc) is 2.95. The van der Waals surface area contributed by atoms with E-state index < -0.39 is 0 Å². The van der Waals surface area contributed by atoms with E-state index in [1.54, 1.807) is 0 Å². The third-order valence-electron chi connectivity index (χ3n) is 5.28. The summed E-state index contributed by atoms with van der Waals surface area (Å²) in [6, 6.07) is 0.668. The van der Waals surface area contributed by atoms with Gasteiger partial charge < -0.3 is 15.0 Å². The maximum Gasteiger partial charge on any atom is 0.0783 e. The fraction of sp³-hybridized carbons (Fsp3) is 1.00. The predicted molar refractivity (Wildman–Crippen MR) is 93.2 cm³/mol. The molecular weight excluding hydrogens is 280 g/mol. The number of rotatable bonds is 8. The summed E-state index contributed by atoms with van der Waals surface area (Å²) in [4.78, 5) is 2.55. The third kappa shape index (κ3) is 4.85. The molecule has 0 aromatic carbocycles. The van der Waals surface area contributed by atoms with Gasteiger partial charge in [-0.1, -0.05) is 20.8 Å². The van der Waals surface area contributed by atoms with Crippen LogP contribution >= 0.6 is 11.8 Å². The Morgan fingerprint density at radius 2 is 2.14 bits per heavy atom. The first-order chi connectivity index (χ1) is 10.2.